The minimum Gasteiger partial charge on any atom is -0.387 e. The lowest BCUT2D eigenvalue weighted by Gasteiger charge is -1.91. The van der Waals surface area contributed by atoms with Crippen LogP contribution >= 0.6 is 0 Å². The molecule has 0 heterocycles. The number of nitriles is 2. The van der Waals surface area contributed by atoms with Gasteiger partial charge in [0, 0.05) is 24.3 Å². The standard InChI is InChI=1S/C8H4N2O3/c9-5-1-3-7(11)13-8(12)4-2-6-10/h1-4H. The van der Waals surface area contributed by atoms with Gasteiger partial charge in [0.15, 0.2) is 0 Å². The maximum atomic E-state index is 10.6. The highest BCUT2D eigenvalue weighted by Gasteiger charge is 2.02. The van der Waals surface area contributed by atoms with E-state index in [1.54, 1.807) is 12.1 Å². The van der Waals surface area contributed by atoms with E-state index < -0.39 is 11.9 Å². The van der Waals surface area contributed by atoms with Crippen LogP contribution in [-0.2, 0) is 14.3 Å². The van der Waals surface area contributed by atoms with Gasteiger partial charge in [0.1, 0.15) is 0 Å². The van der Waals surface area contributed by atoms with Crippen LogP contribution in [0.2, 0.25) is 0 Å². The van der Waals surface area contributed by atoms with Gasteiger partial charge in [-0.1, -0.05) is 0 Å². The van der Waals surface area contributed by atoms with Crippen LogP contribution in [0, 0.1) is 22.7 Å². The van der Waals surface area contributed by atoms with Crippen LogP contribution in [0.15, 0.2) is 24.3 Å². The number of carbonyl (C=O) groups excluding carboxylic acids is 2. The monoisotopic (exact) mass is 176 g/mol. The van der Waals surface area contributed by atoms with Crippen LogP contribution in [0.3, 0.4) is 0 Å². The Balaban J connectivity index is 4.03. The first kappa shape index (κ1) is 10.6. The quantitative estimate of drug-likeness (QED) is 0.259. The number of nitrogens with zero attached hydrogens (tertiary/aromatic N) is 2. The van der Waals surface area contributed by atoms with Crippen molar-refractivity contribution in [1.82, 2.24) is 0 Å². The first-order valence-electron chi connectivity index (χ1n) is 3.09. The van der Waals surface area contributed by atoms with Crippen LogP contribution < -0.4 is 0 Å². The number of rotatable bonds is 2. The molecule has 13 heavy (non-hydrogen) atoms. The molecule has 0 fully saturated rings. The summed E-state index contributed by atoms with van der Waals surface area (Å²) in [7, 11) is 0. The van der Waals surface area contributed by atoms with Crippen molar-refractivity contribution in [1.29, 1.82) is 10.5 Å². The second-order valence-electron chi connectivity index (χ2n) is 1.66. The summed E-state index contributed by atoms with van der Waals surface area (Å²) in [4.78, 5) is 21.2. The smallest absolute Gasteiger partial charge is 0.339 e. The second-order valence-corrected chi connectivity index (χ2v) is 1.66. The first-order valence-corrected chi connectivity index (χ1v) is 3.09. The number of esters is 2. The third-order valence-corrected chi connectivity index (χ3v) is 0.789. The number of ether oxygens (including phenoxy) is 1. The van der Waals surface area contributed by atoms with E-state index in [2.05, 4.69) is 4.74 Å². The number of hydrogen-bond donors (Lipinski definition) is 0. The third-order valence-electron chi connectivity index (χ3n) is 0.789. The lowest BCUT2D eigenvalue weighted by molar-refractivity contribution is -0.152. The molecular formula is C8H4N2O3. The van der Waals surface area contributed by atoms with Crippen molar-refractivity contribution >= 4 is 11.9 Å². The molecule has 0 saturated carbocycles. The van der Waals surface area contributed by atoms with E-state index in [4.69, 9.17) is 10.5 Å². The molecule has 0 spiro atoms. The van der Waals surface area contributed by atoms with Crippen molar-refractivity contribution in [3.63, 3.8) is 0 Å². The average molecular weight is 176 g/mol. The van der Waals surface area contributed by atoms with Crippen molar-refractivity contribution < 1.29 is 14.3 Å². The Hall–Kier alpha value is -2.40. The summed E-state index contributed by atoms with van der Waals surface area (Å²) in [6.45, 7) is 0. The lowest BCUT2D eigenvalue weighted by Crippen LogP contribution is -2.06. The van der Waals surface area contributed by atoms with Gasteiger partial charge in [0.25, 0.3) is 0 Å². The van der Waals surface area contributed by atoms with Crippen molar-refractivity contribution in [2.75, 3.05) is 0 Å². The topological polar surface area (TPSA) is 90.9 Å². The van der Waals surface area contributed by atoms with Gasteiger partial charge in [-0.25, -0.2) is 9.59 Å². The van der Waals surface area contributed by atoms with Crippen LogP contribution in [0.1, 0.15) is 0 Å². The molecule has 0 aromatic carbocycles. The summed E-state index contributed by atoms with van der Waals surface area (Å²) in [5.41, 5.74) is 0. The van der Waals surface area contributed by atoms with Crippen LogP contribution in [0.4, 0.5) is 0 Å². The van der Waals surface area contributed by atoms with Gasteiger partial charge in [-0.2, -0.15) is 10.5 Å². The van der Waals surface area contributed by atoms with Gasteiger partial charge in [-0.05, 0) is 0 Å². The maximum absolute atomic E-state index is 10.6. The minimum atomic E-state index is -0.950. The fourth-order valence-corrected chi connectivity index (χ4v) is 0.378. The highest BCUT2D eigenvalue weighted by atomic mass is 16.6. The molecule has 5 nitrogen and oxygen atoms in total. The molecule has 0 aromatic heterocycles. The predicted molar refractivity (Wildman–Crippen MR) is 40.6 cm³/mol. The van der Waals surface area contributed by atoms with Gasteiger partial charge >= 0.3 is 11.9 Å². The Morgan fingerprint density at radius 3 is 1.69 bits per heavy atom. The molecule has 0 aromatic rings. The molecule has 0 radical (unpaired) electrons. The Morgan fingerprint density at radius 2 is 1.38 bits per heavy atom. The van der Waals surface area contributed by atoms with Gasteiger partial charge < -0.3 is 4.74 Å². The molecule has 64 valence electrons. The van der Waals surface area contributed by atoms with Crippen LogP contribution in [0.5, 0.6) is 0 Å². The zero-order valence-electron chi connectivity index (χ0n) is 6.43. The highest BCUT2D eigenvalue weighted by molar-refractivity contribution is 5.96. The minimum absolute atomic E-state index is 0.804. The highest BCUT2D eigenvalue weighted by Crippen LogP contribution is 1.85. The van der Waals surface area contributed by atoms with E-state index in [0.717, 1.165) is 24.3 Å². The molecule has 0 amide bonds. The predicted octanol–water partition coefficient (Wildman–Crippen LogP) is 0.216. The van der Waals surface area contributed by atoms with E-state index in [1.807, 2.05) is 0 Å². The third kappa shape index (κ3) is 6.02. The molecule has 0 unspecified atom stereocenters. The molecule has 0 N–H and O–H groups in total. The molecule has 5 heteroatoms. The normalized spacial score (nSPS) is 9.38. The van der Waals surface area contributed by atoms with Gasteiger partial charge in [0.05, 0.1) is 12.1 Å². The van der Waals surface area contributed by atoms with E-state index in [-0.39, 0.29) is 0 Å². The average Bonchev–Trinajstić information content (AvgIpc) is 2.11. The number of carbonyl (C=O) groups is 2. The zero-order valence-corrected chi connectivity index (χ0v) is 6.43. The Kier molecular flexibility index (Phi) is 5.15. The van der Waals surface area contributed by atoms with Crippen molar-refractivity contribution in [3.05, 3.63) is 24.3 Å². The van der Waals surface area contributed by atoms with Crippen LogP contribution in [-0.4, -0.2) is 11.9 Å². The van der Waals surface area contributed by atoms with Crippen molar-refractivity contribution in [2.24, 2.45) is 0 Å². The largest absolute Gasteiger partial charge is 0.387 e. The molecule has 0 aliphatic rings. The van der Waals surface area contributed by atoms with Crippen molar-refractivity contribution in [3.8, 4) is 12.1 Å². The molecule has 0 bridgehead atoms. The first-order chi connectivity index (χ1) is 6.20. The summed E-state index contributed by atoms with van der Waals surface area (Å²) in [6.07, 6.45) is 3.36. The molecule has 0 aliphatic carbocycles. The summed E-state index contributed by atoms with van der Waals surface area (Å²) >= 11 is 0. The van der Waals surface area contributed by atoms with E-state index in [9.17, 15) is 9.59 Å². The summed E-state index contributed by atoms with van der Waals surface area (Å²) in [5.74, 6) is -1.90. The Labute approximate surface area is 74.1 Å². The maximum Gasteiger partial charge on any atom is 0.339 e. The van der Waals surface area contributed by atoms with Gasteiger partial charge in [-0.3, -0.25) is 0 Å². The number of hydrogen-bond acceptors (Lipinski definition) is 5. The summed E-state index contributed by atoms with van der Waals surface area (Å²) in [6, 6.07) is 3.10. The zero-order chi connectivity index (χ0) is 10.1. The second kappa shape index (κ2) is 6.32. The molecule has 0 aliphatic heterocycles. The van der Waals surface area contributed by atoms with Crippen molar-refractivity contribution in [2.45, 2.75) is 0 Å². The Morgan fingerprint density at radius 1 is 1.00 bits per heavy atom. The van der Waals surface area contributed by atoms with Gasteiger partial charge in [-0.15, -0.1) is 0 Å². The summed E-state index contributed by atoms with van der Waals surface area (Å²) in [5, 5.41) is 16.0. The molecular weight excluding hydrogens is 172 g/mol. The SMILES string of the molecule is N#CC=CC(=O)OC(=O)C=CC#N. The Bertz CT molecular complexity index is 307. The lowest BCUT2D eigenvalue weighted by atomic mass is 10.5. The van der Waals surface area contributed by atoms with E-state index >= 15 is 0 Å². The van der Waals surface area contributed by atoms with Gasteiger partial charge in [0.2, 0.25) is 0 Å². The fraction of sp³-hybridized carbons (Fsp3) is 0. The van der Waals surface area contributed by atoms with E-state index in [1.165, 1.54) is 0 Å². The van der Waals surface area contributed by atoms with Crippen LogP contribution in [0.25, 0.3) is 0 Å². The molecule has 0 atom stereocenters. The van der Waals surface area contributed by atoms with E-state index in [0.29, 0.717) is 0 Å². The molecule has 0 saturated heterocycles. The summed E-state index contributed by atoms with van der Waals surface area (Å²) < 4.78 is 4.10. The fourth-order valence-electron chi connectivity index (χ4n) is 0.378. The number of allylic oxidation sites excluding steroid dienone is 2. The molecule has 0 rings (SSSR count).